The standard InChI is InChI=1S/C16H19N3.ClH/c1-12-18-15-9-5-8-14(15)16(19-12)17-11-10-13-6-3-2-4-7-13;/h2-4,6-7H,5,8-11H2,1H3,(H,17,18,19);1H. The molecule has 0 unspecified atom stereocenters. The molecule has 1 aliphatic carbocycles. The summed E-state index contributed by atoms with van der Waals surface area (Å²) in [5.74, 6) is 1.93. The van der Waals surface area contributed by atoms with E-state index in [9.17, 15) is 0 Å². The highest BCUT2D eigenvalue weighted by molar-refractivity contribution is 5.85. The SMILES string of the molecule is Cc1nc2c(c(NCCc3ccccc3)n1)CCC2.Cl. The fourth-order valence-corrected chi connectivity index (χ4v) is 2.67. The van der Waals surface area contributed by atoms with Crippen LogP contribution in [0.5, 0.6) is 0 Å². The molecule has 0 amide bonds. The van der Waals surface area contributed by atoms with Gasteiger partial charge in [0.2, 0.25) is 0 Å². The average molecular weight is 290 g/mol. The van der Waals surface area contributed by atoms with E-state index in [0.29, 0.717) is 0 Å². The van der Waals surface area contributed by atoms with Crippen molar-refractivity contribution < 1.29 is 0 Å². The molecule has 106 valence electrons. The van der Waals surface area contributed by atoms with Gasteiger partial charge in [0.05, 0.1) is 0 Å². The van der Waals surface area contributed by atoms with Gasteiger partial charge in [0.1, 0.15) is 11.6 Å². The molecule has 0 saturated carbocycles. The second-order valence-corrected chi connectivity index (χ2v) is 5.06. The lowest BCUT2D eigenvalue weighted by Crippen LogP contribution is -2.10. The van der Waals surface area contributed by atoms with Crippen molar-refractivity contribution in [1.29, 1.82) is 0 Å². The largest absolute Gasteiger partial charge is 0.369 e. The Morgan fingerprint density at radius 2 is 1.90 bits per heavy atom. The summed E-state index contributed by atoms with van der Waals surface area (Å²) >= 11 is 0. The zero-order valence-corrected chi connectivity index (χ0v) is 12.5. The van der Waals surface area contributed by atoms with E-state index in [-0.39, 0.29) is 12.4 Å². The molecule has 0 bridgehead atoms. The number of hydrogen-bond donors (Lipinski definition) is 1. The van der Waals surface area contributed by atoms with E-state index in [1.54, 1.807) is 0 Å². The highest BCUT2D eigenvalue weighted by Gasteiger charge is 2.17. The van der Waals surface area contributed by atoms with Gasteiger partial charge in [-0.1, -0.05) is 30.3 Å². The molecule has 1 N–H and O–H groups in total. The number of nitrogens with zero attached hydrogens (tertiary/aromatic N) is 2. The first-order valence-electron chi connectivity index (χ1n) is 6.97. The van der Waals surface area contributed by atoms with Crippen LogP contribution in [-0.2, 0) is 19.3 Å². The van der Waals surface area contributed by atoms with Gasteiger partial charge >= 0.3 is 0 Å². The maximum atomic E-state index is 4.55. The van der Waals surface area contributed by atoms with Crippen LogP contribution in [0.4, 0.5) is 5.82 Å². The monoisotopic (exact) mass is 289 g/mol. The van der Waals surface area contributed by atoms with Crippen molar-refractivity contribution in [3.63, 3.8) is 0 Å². The molecule has 20 heavy (non-hydrogen) atoms. The number of aryl methyl sites for hydroxylation is 2. The van der Waals surface area contributed by atoms with Crippen LogP contribution in [-0.4, -0.2) is 16.5 Å². The fraction of sp³-hybridized carbons (Fsp3) is 0.375. The number of fused-ring (bicyclic) bond motifs is 1. The molecule has 0 aliphatic heterocycles. The van der Waals surface area contributed by atoms with Crippen LogP contribution in [0, 0.1) is 6.92 Å². The maximum absolute atomic E-state index is 4.55. The lowest BCUT2D eigenvalue weighted by Gasteiger charge is -2.11. The normalized spacial score (nSPS) is 12.7. The molecule has 0 fully saturated rings. The van der Waals surface area contributed by atoms with E-state index in [1.165, 1.54) is 23.2 Å². The number of benzene rings is 1. The molecule has 3 rings (SSSR count). The van der Waals surface area contributed by atoms with Crippen LogP contribution in [0.2, 0.25) is 0 Å². The topological polar surface area (TPSA) is 37.8 Å². The molecule has 1 aliphatic rings. The van der Waals surface area contributed by atoms with Crippen LogP contribution < -0.4 is 5.32 Å². The number of halogens is 1. The smallest absolute Gasteiger partial charge is 0.133 e. The van der Waals surface area contributed by atoms with E-state index in [4.69, 9.17) is 0 Å². The third-order valence-corrected chi connectivity index (χ3v) is 3.59. The van der Waals surface area contributed by atoms with E-state index >= 15 is 0 Å². The summed E-state index contributed by atoms with van der Waals surface area (Å²) in [4.78, 5) is 9.08. The first kappa shape index (κ1) is 14.8. The molecule has 0 spiro atoms. The van der Waals surface area contributed by atoms with Crippen molar-refractivity contribution in [2.24, 2.45) is 0 Å². The second kappa shape index (κ2) is 6.71. The molecular weight excluding hydrogens is 270 g/mol. The van der Waals surface area contributed by atoms with Crippen molar-refractivity contribution in [2.75, 3.05) is 11.9 Å². The van der Waals surface area contributed by atoms with E-state index in [1.807, 2.05) is 6.92 Å². The Morgan fingerprint density at radius 3 is 2.70 bits per heavy atom. The minimum atomic E-state index is 0. The fourth-order valence-electron chi connectivity index (χ4n) is 2.67. The van der Waals surface area contributed by atoms with Crippen LogP contribution in [0.3, 0.4) is 0 Å². The van der Waals surface area contributed by atoms with Crippen molar-refractivity contribution in [2.45, 2.75) is 32.6 Å². The van der Waals surface area contributed by atoms with Gasteiger partial charge in [-0.2, -0.15) is 0 Å². The summed E-state index contributed by atoms with van der Waals surface area (Å²) in [5.41, 5.74) is 3.94. The summed E-state index contributed by atoms with van der Waals surface area (Å²) in [6, 6.07) is 10.6. The van der Waals surface area contributed by atoms with Gasteiger partial charge in [0, 0.05) is 17.8 Å². The van der Waals surface area contributed by atoms with Crippen molar-refractivity contribution >= 4 is 18.2 Å². The first-order chi connectivity index (χ1) is 9.33. The Bertz CT molecular complexity index is 569. The maximum Gasteiger partial charge on any atom is 0.133 e. The summed E-state index contributed by atoms with van der Waals surface area (Å²) in [6.45, 7) is 2.90. The van der Waals surface area contributed by atoms with Crippen LogP contribution in [0.15, 0.2) is 30.3 Å². The Kier molecular flexibility index (Phi) is 4.96. The van der Waals surface area contributed by atoms with Gasteiger partial charge in [0.15, 0.2) is 0 Å². The predicted molar refractivity (Wildman–Crippen MR) is 84.7 cm³/mol. The Morgan fingerprint density at radius 1 is 1.10 bits per heavy atom. The molecule has 0 atom stereocenters. The van der Waals surface area contributed by atoms with E-state index in [0.717, 1.165) is 37.4 Å². The van der Waals surface area contributed by atoms with Crippen molar-refractivity contribution in [3.05, 3.63) is 53.0 Å². The number of nitrogens with one attached hydrogen (secondary N) is 1. The van der Waals surface area contributed by atoms with Crippen LogP contribution in [0.25, 0.3) is 0 Å². The quantitative estimate of drug-likeness (QED) is 0.938. The minimum Gasteiger partial charge on any atom is -0.369 e. The van der Waals surface area contributed by atoms with E-state index < -0.39 is 0 Å². The zero-order chi connectivity index (χ0) is 13.1. The summed E-state index contributed by atoms with van der Waals surface area (Å²) in [7, 11) is 0. The van der Waals surface area contributed by atoms with E-state index in [2.05, 4.69) is 45.6 Å². The van der Waals surface area contributed by atoms with Gasteiger partial charge < -0.3 is 5.32 Å². The van der Waals surface area contributed by atoms with Crippen molar-refractivity contribution in [3.8, 4) is 0 Å². The molecule has 0 saturated heterocycles. The number of aromatic nitrogens is 2. The van der Waals surface area contributed by atoms with Gasteiger partial charge in [-0.15, -0.1) is 12.4 Å². The highest BCUT2D eigenvalue weighted by atomic mass is 35.5. The molecule has 1 aromatic carbocycles. The Labute approximate surface area is 126 Å². The third kappa shape index (κ3) is 3.28. The van der Waals surface area contributed by atoms with Gasteiger partial charge in [-0.3, -0.25) is 0 Å². The molecular formula is C16H20ClN3. The molecule has 2 aromatic rings. The number of anilines is 1. The zero-order valence-electron chi connectivity index (χ0n) is 11.7. The second-order valence-electron chi connectivity index (χ2n) is 5.06. The molecule has 1 aromatic heterocycles. The van der Waals surface area contributed by atoms with Crippen LogP contribution in [0.1, 0.15) is 29.1 Å². The van der Waals surface area contributed by atoms with Crippen LogP contribution >= 0.6 is 12.4 Å². The Hall–Kier alpha value is -1.61. The van der Waals surface area contributed by atoms with Crippen molar-refractivity contribution in [1.82, 2.24) is 9.97 Å². The summed E-state index contributed by atoms with van der Waals surface area (Å²) in [6.07, 6.45) is 4.45. The van der Waals surface area contributed by atoms with Gasteiger partial charge in [0.25, 0.3) is 0 Å². The molecule has 1 heterocycles. The van der Waals surface area contributed by atoms with Gasteiger partial charge in [-0.25, -0.2) is 9.97 Å². The average Bonchev–Trinajstić information content (AvgIpc) is 2.88. The molecule has 0 radical (unpaired) electrons. The lowest BCUT2D eigenvalue weighted by atomic mass is 10.1. The lowest BCUT2D eigenvalue weighted by molar-refractivity contribution is 0.895. The number of hydrogen-bond acceptors (Lipinski definition) is 3. The molecule has 3 nitrogen and oxygen atoms in total. The Balaban J connectivity index is 0.00000147. The third-order valence-electron chi connectivity index (χ3n) is 3.59. The summed E-state index contributed by atoms with van der Waals surface area (Å²) in [5, 5.41) is 3.48. The van der Waals surface area contributed by atoms with Gasteiger partial charge in [-0.05, 0) is 38.2 Å². The summed E-state index contributed by atoms with van der Waals surface area (Å²) < 4.78 is 0. The number of rotatable bonds is 4. The minimum absolute atomic E-state index is 0. The molecule has 4 heteroatoms. The first-order valence-corrected chi connectivity index (χ1v) is 6.97. The highest BCUT2D eigenvalue weighted by Crippen LogP contribution is 2.25. The predicted octanol–water partition coefficient (Wildman–Crippen LogP) is 3.35.